The maximum atomic E-state index is 11.5. The van der Waals surface area contributed by atoms with Gasteiger partial charge in [-0.05, 0) is 55.4 Å². The third kappa shape index (κ3) is 6.58. The summed E-state index contributed by atoms with van der Waals surface area (Å²) in [5.74, 6) is 1.42. The zero-order chi connectivity index (χ0) is 16.5. The quantitative estimate of drug-likeness (QED) is 0.767. The number of nitrogens with one attached hydrogen (secondary N) is 2. The molecule has 0 aromatic heterocycles. The predicted molar refractivity (Wildman–Crippen MR) is 98.3 cm³/mol. The molecule has 0 heterocycles. The second kappa shape index (κ2) is 10.6. The first kappa shape index (κ1) is 20.0. The Balaban J connectivity index is 0.00000288. The molecule has 0 aliphatic rings. The van der Waals surface area contributed by atoms with E-state index in [1.165, 1.54) is 5.56 Å². The molecule has 0 saturated heterocycles. The summed E-state index contributed by atoms with van der Waals surface area (Å²) in [4.78, 5) is 11.5. The van der Waals surface area contributed by atoms with E-state index in [-0.39, 0.29) is 24.9 Å². The number of rotatable bonds is 8. The van der Waals surface area contributed by atoms with E-state index in [2.05, 4.69) is 10.6 Å². The highest BCUT2D eigenvalue weighted by atomic mass is 35.5. The number of carbonyl (C=O) groups excluding carboxylic acids is 1. The van der Waals surface area contributed by atoms with Crippen molar-refractivity contribution in [3.63, 3.8) is 0 Å². The number of carbonyl (C=O) groups is 1. The van der Waals surface area contributed by atoms with Crippen LogP contribution >= 0.6 is 12.4 Å². The topological polar surface area (TPSA) is 59.6 Å². The molecule has 5 nitrogen and oxygen atoms in total. The van der Waals surface area contributed by atoms with Crippen LogP contribution in [0.1, 0.15) is 5.56 Å². The molecular formula is C18H23ClN2O3. The molecule has 0 radical (unpaired) electrons. The Bertz CT molecular complexity index is 615. The Labute approximate surface area is 148 Å². The zero-order valence-corrected chi connectivity index (χ0v) is 14.7. The molecular weight excluding hydrogens is 328 g/mol. The molecule has 0 bridgehead atoms. The highest BCUT2D eigenvalue weighted by molar-refractivity contribution is 5.92. The van der Waals surface area contributed by atoms with Crippen molar-refractivity contribution in [1.29, 1.82) is 0 Å². The van der Waals surface area contributed by atoms with Gasteiger partial charge in [0.05, 0.1) is 13.2 Å². The van der Waals surface area contributed by atoms with Crippen LogP contribution in [0.25, 0.3) is 0 Å². The van der Waals surface area contributed by atoms with Gasteiger partial charge in [-0.3, -0.25) is 4.79 Å². The Morgan fingerprint density at radius 3 is 2.12 bits per heavy atom. The molecule has 0 aliphatic heterocycles. The van der Waals surface area contributed by atoms with E-state index >= 15 is 0 Å². The van der Waals surface area contributed by atoms with Gasteiger partial charge in [-0.15, -0.1) is 12.4 Å². The van der Waals surface area contributed by atoms with Gasteiger partial charge in [-0.25, -0.2) is 0 Å². The standard InChI is InChI=1S/C18H22N2O3.ClH/c1-19-13-18(21)20-15-5-9-17(10-6-15)23-16-7-3-14(4-8-16)11-12-22-2;/h3-10,19H,11-13H2,1-2H3,(H,20,21);1H. The summed E-state index contributed by atoms with van der Waals surface area (Å²) in [6, 6.07) is 15.2. The minimum absolute atomic E-state index is 0. The number of anilines is 1. The molecule has 130 valence electrons. The van der Waals surface area contributed by atoms with Crippen molar-refractivity contribution < 1.29 is 14.3 Å². The summed E-state index contributed by atoms with van der Waals surface area (Å²) in [5, 5.41) is 5.60. The van der Waals surface area contributed by atoms with Gasteiger partial charge in [-0.2, -0.15) is 0 Å². The Hall–Kier alpha value is -2.08. The zero-order valence-electron chi connectivity index (χ0n) is 13.9. The van der Waals surface area contributed by atoms with Crippen molar-refractivity contribution in [1.82, 2.24) is 5.32 Å². The first-order chi connectivity index (χ1) is 11.2. The maximum absolute atomic E-state index is 11.5. The van der Waals surface area contributed by atoms with Crippen LogP contribution in [0.2, 0.25) is 0 Å². The summed E-state index contributed by atoms with van der Waals surface area (Å²) in [6.45, 7) is 0.995. The van der Waals surface area contributed by atoms with Crippen molar-refractivity contribution in [3.05, 3.63) is 54.1 Å². The third-order valence-corrected chi connectivity index (χ3v) is 3.23. The van der Waals surface area contributed by atoms with Crippen molar-refractivity contribution in [2.24, 2.45) is 0 Å². The molecule has 0 spiro atoms. The summed E-state index contributed by atoms with van der Waals surface area (Å²) in [5.41, 5.74) is 1.95. The van der Waals surface area contributed by atoms with Crippen molar-refractivity contribution in [2.75, 3.05) is 32.6 Å². The second-order valence-electron chi connectivity index (χ2n) is 5.09. The van der Waals surface area contributed by atoms with Crippen molar-refractivity contribution in [3.8, 4) is 11.5 Å². The molecule has 0 fully saturated rings. The fourth-order valence-corrected chi connectivity index (χ4v) is 2.05. The van der Waals surface area contributed by atoms with Gasteiger partial charge >= 0.3 is 0 Å². The van der Waals surface area contributed by atoms with Gasteiger partial charge in [0.25, 0.3) is 0 Å². The molecule has 2 rings (SSSR count). The highest BCUT2D eigenvalue weighted by Gasteiger charge is 2.02. The number of methoxy groups -OCH3 is 1. The minimum atomic E-state index is -0.0761. The summed E-state index contributed by atoms with van der Waals surface area (Å²) >= 11 is 0. The lowest BCUT2D eigenvalue weighted by molar-refractivity contribution is -0.115. The normalized spacial score (nSPS) is 9.92. The number of hydrogen-bond donors (Lipinski definition) is 2. The summed E-state index contributed by atoms with van der Waals surface area (Å²) < 4.78 is 10.8. The Kier molecular flexibility index (Phi) is 8.86. The summed E-state index contributed by atoms with van der Waals surface area (Å²) in [6.07, 6.45) is 0.887. The predicted octanol–water partition coefficient (Wildman–Crippen LogP) is 3.25. The first-order valence-electron chi connectivity index (χ1n) is 7.51. The SMILES string of the molecule is CNCC(=O)Nc1ccc(Oc2ccc(CCOC)cc2)cc1.Cl. The van der Waals surface area contributed by atoms with Crippen LogP contribution in [0.15, 0.2) is 48.5 Å². The van der Waals surface area contributed by atoms with Crippen LogP contribution < -0.4 is 15.4 Å². The number of benzene rings is 2. The largest absolute Gasteiger partial charge is 0.457 e. The number of likely N-dealkylation sites (N-methyl/N-ethyl adjacent to an activating group) is 1. The van der Waals surface area contributed by atoms with E-state index in [9.17, 15) is 4.79 Å². The molecule has 1 amide bonds. The van der Waals surface area contributed by atoms with Gasteiger partial charge < -0.3 is 20.1 Å². The van der Waals surface area contributed by atoms with Crippen molar-refractivity contribution >= 4 is 24.0 Å². The highest BCUT2D eigenvalue weighted by Crippen LogP contribution is 2.23. The minimum Gasteiger partial charge on any atom is -0.457 e. The fraction of sp³-hybridized carbons (Fsp3) is 0.278. The Morgan fingerprint density at radius 2 is 1.58 bits per heavy atom. The van der Waals surface area contributed by atoms with Gasteiger partial charge in [-0.1, -0.05) is 12.1 Å². The molecule has 2 aromatic rings. The average Bonchev–Trinajstić information content (AvgIpc) is 2.56. The number of hydrogen-bond acceptors (Lipinski definition) is 4. The van der Waals surface area contributed by atoms with E-state index in [0.29, 0.717) is 6.61 Å². The molecule has 0 saturated carbocycles. The van der Waals surface area contributed by atoms with Crippen LogP contribution in [-0.4, -0.2) is 33.2 Å². The molecule has 6 heteroatoms. The van der Waals surface area contributed by atoms with E-state index in [1.54, 1.807) is 14.2 Å². The van der Waals surface area contributed by atoms with E-state index in [1.807, 2.05) is 48.5 Å². The van der Waals surface area contributed by atoms with E-state index in [0.717, 1.165) is 23.6 Å². The van der Waals surface area contributed by atoms with Crippen LogP contribution in [-0.2, 0) is 16.0 Å². The van der Waals surface area contributed by atoms with Gasteiger partial charge in [0.2, 0.25) is 5.91 Å². The number of ether oxygens (including phenoxy) is 2. The lowest BCUT2D eigenvalue weighted by atomic mass is 10.1. The molecule has 2 aromatic carbocycles. The molecule has 0 atom stereocenters. The molecule has 24 heavy (non-hydrogen) atoms. The molecule has 0 unspecified atom stereocenters. The van der Waals surface area contributed by atoms with Crippen LogP contribution in [0, 0.1) is 0 Å². The average molecular weight is 351 g/mol. The first-order valence-corrected chi connectivity index (χ1v) is 7.51. The van der Waals surface area contributed by atoms with Crippen LogP contribution in [0.3, 0.4) is 0 Å². The lowest BCUT2D eigenvalue weighted by Gasteiger charge is -2.09. The Morgan fingerprint density at radius 1 is 1.00 bits per heavy atom. The molecule has 2 N–H and O–H groups in total. The lowest BCUT2D eigenvalue weighted by Crippen LogP contribution is -2.24. The third-order valence-electron chi connectivity index (χ3n) is 3.23. The monoisotopic (exact) mass is 350 g/mol. The summed E-state index contributed by atoms with van der Waals surface area (Å²) in [7, 11) is 3.43. The molecule has 0 aliphatic carbocycles. The smallest absolute Gasteiger partial charge is 0.238 e. The fourth-order valence-electron chi connectivity index (χ4n) is 2.05. The number of amides is 1. The number of halogens is 1. The van der Waals surface area contributed by atoms with E-state index < -0.39 is 0 Å². The van der Waals surface area contributed by atoms with Gasteiger partial charge in [0.15, 0.2) is 0 Å². The van der Waals surface area contributed by atoms with Crippen LogP contribution in [0.5, 0.6) is 11.5 Å². The van der Waals surface area contributed by atoms with Gasteiger partial charge in [0, 0.05) is 12.8 Å². The second-order valence-corrected chi connectivity index (χ2v) is 5.09. The maximum Gasteiger partial charge on any atom is 0.238 e. The van der Waals surface area contributed by atoms with Crippen LogP contribution in [0.4, 0.5) is 5.69 Å². The van der Waals surface area contributed by atoms with Gasteiger partial charge in [0.1, 0.15) is 11.5 Å². The van der Waals surface area contributed by atoms with E-state index in [4.69, 9.17) is 9.47 Å². The van der Waals surface area contributed by atoms with Crippen molar-refractivity contribution in [2.45, 2.75) is 6.42 Å².